The van der Waals surface area contributed by atoms with Gasteiger partial charge < -0.3 is 23.7 Å². The Balaban J connectivity index is 2.15. The molecule has 1 atom stereocenters. The first-order valence-corrected chi connectivity index (χ1v) is 7.31. The Bertz CT molecular complexity index is 761. The maximum absolute atomic E-state index is 12.3. The van der Waals surface area contributed by atoms with Crippen molar-refractivity contribution in [3.63, 3.8) is 0 Å². The Hall–Kier alpha value is -2.89. The summed E-state index contributed by atoms with van der Waals surface area (Å²) in [6.45, 7) is 0. The van der Waals surface area contributed by atoms with Crippen LogP contribution in [0.3, 0.4) is 0 Å². The molecule has 0 N–H and O–H groups in total. The zero-order chi connectivity index (χ0) is 17.3. The number of methoxy groups -OCH3 is 4. The van der Waals surface area contributed by atoms with E-state index < -0.39 is 12.1 Å². The topological polar surface area (TPSA) is 63.2 Å². The van der Waals surface area contributed by atoms with Crippen molar-refractivity contribution in [3.05, 3.63) is 47.0 Å². The van der Waals surface area contributed by atoms with Gasteiger partial charge in [-0.2, -0.15) is 0 Å². The smallest absolute Gasteiger partial charge is 0.343 e. The normalized spacial score (nSPS) is 15.5. The van der Waals surface area contributed by atoms with Crippen molar-refractivity contribution in [1.29, 1.82) is 0 Å². The van der Waals surface area contributed by atoms with Gasteiger partial charge in [0.2, 0.25) is 0 Å². The summed E-state index contributed by atoms with van der Waals surface area (Å²) in [7, 11) is 6.20. The van der Waals surface area contributed by atoms with Gasteiger partial charge in [-0.15, -0.1) is 0 Å². The van der Waals surface area contributed by atoms with Gasteiger partial charge in [0.15, 0.2) is 6.10 Å². The molecule has 0 aliphatic carbocycles. The third kappa shape index (κ3) is 2.60. The largest absolute Gasteiger partial charge is 0.497 e. The molecule has 0 unspecified atom stereocenters. The lowest BCUT2D eigenvalue weighted by Gasteiger charge is -2.15. The SMILES string of the molecule is COc1cc(OC)cc([C@H]2OC(=O)c3c(OC)cc(OC)cc32)c1. The predicted molar refractivity (Wildman–Crippen MR) is 86.4 cm³/mol. The number of carbonyl (C=O) groups is 1. The molecule has 0 radical (unpaired) electrons. The monoisotopic (exact) mass is 330 g/mol. The van der Waals surface area contributed by atoms with Gasteiger partial charge in [0.1, 0.15) is 28.6 Å². The Morgan fingerprint density at radius 1 is 0.792 bits per heavy atom. The van der Waals surface area contributed by atoms with Gasteiger partial charge in [-0.1, -0.05) is 0 Å². The second-order valence-electron chi connectivity index (χ2n) is 5.23. The van der Waals surface area contributed by atoms with Crippen molar-refractivity contribution < 1.29 is 28.5 Å². The van der Waals surface area contributed by atoms with Crippen molar-refractivity contribution in [1.82, 2.24) is 0 Å². The van der Waals surface area contributed by atoms with Crippen LogP contribution in [0.1, 0.15) is 27.6 Å². The third-order valence-corrected chi connectivity index (χ3v) is 3.95. The fraction of sp³-hybridized carbons (Fsp3) is 0.278. The van der Waals surface area contributed by atoms with Crippen LogP contribution < -0.4 is 18.9 Å². The number of esters is 1. The van der Waals surface area contributed by atoms with Crippen molar-refractivity contribution in [2.24, 2.45) is 0 Å². The van der Waals surface area contributed by atoms with Gasteiger partial charge >= 0.3 is 5.97 Å². The molecular formula is C18H18O6. The van der Waals surface area contributed by atoms with Gasteiger partial charge in [0.05, 0.1) is 28.4 Å². The zero-order valence-corrected chi connectivity index (χ0v) is 13.9. The lowest BCUT2D eigenvalue weighted by atomic mass is 9.98. The first-order chi connectivity index (χ1) is 11.6. The molecule has 6 nitrogen and oxygen atoms in total. The molecule has 1 aliphatic heterocycles. The summed E-state index contributed by atoms with van der Waals surface area (Å²) >= 11 is 0. The number of cyclic esters (lactones) is 1. The second-order valence-corrected chi connectivity index (χ2v) is 5.23. The fourth-order valence-electron chi connectivity index (χ4n) is 2.77. The molecule has 0 fully saturated rings. The molecule has 0 aromatic heterocycles. The van der Waals surface area contributed by atoms with Crippen LogP contribution in [0.5, 0.6) is 23.0 Å². The van der Waals surface area contributed by atoms with Gasteiger partial charge in [0, 0.05) is 23.3 Å². The van der Waals surface area contributed by atoms with Crippen LogP contribution in [-0.2, 0) is 4.74 Å². The van der Waals surface area contributed by atoms with Crippen molar-refractivity contribution >= 4 is 5.97 Å². The molecule has 1 heterocycles. The maximum Gasteiger partial charge on any atom is 0.343 e. The van der Waals surface area contributed by atoms with Crippen LogP contribution in [0.25, 0.3) is 0 Å². The molecule has 1 aliphatic rings. The van der Waals surface area contributed by atoms with Crippen molar-refractivity contribution in [3.8, 4) is 23.0 Å². The van der Waals surface area contributed by atoms with Gasteiger partial charge in [-0.3, -0.25) is 0 Å². The molecule has 0 spiro atoms. The van der Waals surface area contributed by atoms with Crippen LogP contribution in [0, 0.1) is 0 Å². The quantitative estimate of drug-likeness (QED) is 0.786. The van der Waals surface area contributed by atoms with E-state index >= 15 is 0 Å². The summed E-state index contributed by atoms with van der Waals surface area (Å²) in [4.78, 5) is 12.3. The van der Waals surface area contributed by atoms with E-state index in [0.29, 0.717) is 34.1 Å². The summed E-state index contributed by atoms with van der Waals surface area (Å²) in [5, 5.41) is 0. The van der Waals surface area contributed by atoms with Crippen molar-refractivity contribution in [2.45, 2.75) is 6.10 Å². The number of hydrogen-bond acceptors (Lipinski definition) is 6. The average Bonchev–Trinajstić information content (AvgIpc) is 2.97. The number of benzene rings is 2. The molecule has 0 amide bonds. The highest BCUT2D eigenvalue weighted by Crippen LogP contribution is 2.43. The summed E-state index contributed by atoms with van der Waals surface area (Å²) in [5.41, 5.74) is 1.84. The molecule has 0 saturated heterocycles. The molecule has 6 heteroatoms. The van der Waals surface area contributed by atoms with E-state index in [2.05, 4.69) is 0 Å². The summed E-state index contributed by atoms with van der Waals surface area (Å²) in [6.07, 6.45) is -0.583. The molecule has 2 aromatic carbocycles. The predicted octanol–water partition coefficient (Wildman–Crippen LogP) is 2.98. The summed E-state index contributed by atoms with van der Waals surface area (Å²) < 4.78 is 26.8. The van der Waals surface area contributed by atoms with Crippen LogP contribution in [0.15, 0.2) is 30.3 Å². The Labute approximate surface area is 139 Å². The van der Waals surface area contributed by atoms with Gasteiger partial charge in [0.25, 0.3) is 0 Å². The molecule has 3 rings (SSSR count). The van der Waals surface area contributed by atoms with Gasteiger partial charge in [-0.25, -0.2) is 4.79 Å². The Morgan fingerprint density at radius 3 is 1.92 bits per heavy atom. The minimum absolute atomic E-state index is 0.407. The van der Waals surface area contributed by atoms with Gasteiger partial charge in [-0.05, 0) is 18.2 Å². The molecular weight excluding hydrogens is 312 g/mol. The highest BCUT2D eigenvalue weighted by molar-refractivity contribution is 5.98. The standard InChI is InChI=1S/C18H18O6/c1-20-11-5-10(6-12(7-11)21-2)17-14-8-13(22-3)9-15(23-4)16(14)18(19)24-17/h5-9,17H,1-4H3/t17-/m1/s1. The molecule has 24 heavy (non-hydrogen) atoms. The number of carbonyl (C=O) groups excluding carboxylic acids is 1. The highest BCUT2D eigenvalue weighted by atomic mass is 16.6. The number of rotatable bonds is 5. The molecule has 0 bridgehead atoms. The average molecular weight is 330 g/mol. The van der Waals surface area contributed by atoms with E-state index in [4.69, 9.17) is 23.7 Å². The molecule has 126 valence electrons. The van der Waals surface area contributed by atoms with E-state index in [1.807, 2.05) is 12.1 Å². The summed E-state index contributed by atoms with van der Waals surface area (Å²) in [6, 6.07) is 8.81. The lowest BCUT2D eigenvalue weighted by Crippen LogP contribution is -2.02. The molecule has 2 aromatic rings. The van der Waals surface area contributed by atoms with E-state index in [0.717, 1.165) is 5.56 Å². The summed E-state index contributed by atoms with van der Waals surface area (Å²) in [5.74, 6) is 1.80. The highest BCUT2D eigenvalue weighted by Gasteiger charge is 2.36. The second kappa shape index (κ2) is 6.31. The van der Waals surface area contributed by atoms with Crippen LogP contribution in [-0.4, -0.2) is 34.4 Å². The number of hydrogen-bond donors (Lipinski definition) is 0. The van der Waals surface area contributed by atoms with E-state index in [9.17, 15) is 4.79 Å². The maximum atomic E-state index is 12.3. The minimum Gasteiger partial charge on any atom is -0.497 e. The van der Waals surface area contributed by atoms with E-state index in [1.165, 1.54) is 7.11 Å². The third-order valence-electron chi connectivity index (χ3n) is 3.95. The van der Waals surface area contributed by atoms with Crippen LogP contribution in [0.4, 0.5) is 0 Å². The Kier molecular flexibility index (Phi) is 4.20. The van der Waals surface area contributed by atoms with Crippen LogP contribution >= 0.6 is 0 Å². The van der Waals surface area contributed by atoms with E-state index in [1.54, 1.807) is 39.5 Å². The fourth-order valence-corrected chi connectivity index (χ4v) is 2.77. The number of ether oxygens (including phenoxy) is 5. The molecule has 0 saturated carbocycles. The van der Waals surface area contributed by atoms with Crippen molar-refractivity contribution in [2.75, 3.05) is 28.4 Å². The minimum atomic E-state index is -0.583. The number of fused-ring (bicyclic) bond motifs is 1. The van der Waals surface area contributed by atoms with E-state index in [-0.39, 0.29) is 0 Å². The lowest BCUT2D eigenvalue weighted by molar-refractivity contribution is 0.0453. The zero-order valence-electron chi connectivity index (χ0n) is 13.9. The Morgan fingerprint density at radius 2 is 1.38 bits per heavy atom. The van der Waals surface area contributed by atoms with Crippen LogP contribution in [0.2, 0.25) is 0 Å². The first kappa shape index (κ1) is 16.0. The first-order valence-electron chi connectivity index (χ1n) is 7.31.